The Morgan fingerprint density at radius 2 is 1.94 bits per heavy atom. The molecule has 1 aliphatic heterocycles. The summed E-state index contributed by atoms with van der Waals surface area (Å²) in [6.45, 7) is 4.04. The number of nitrogens with zero attached hydrogens (tertiary/aromatic N) is 6. The molecular weight excluding hydrogens is 674 g/mol. The van der Waals surface area contributed by atoms with Crippen molar-refractivity contribution in [1.29, 1.82) is 0 Å². The van der Waals surface area contributed by atoms with Crippen molar-refractivity contribution in [2.45, 2.75) is 44.4 Å². The van der Waals surface area contributed by atoms with E-state index in [1.54, 1.807) is 68.5 Å². The van der Waals surface area contributed by atoms with Gasteiger partial charge >= 0.3 is 6.09 Å². The number of piperidine rings is 1. The molecule has 2 aromatic carbocycles. The number of hydrogen-bond donors (Lipinski definition) is 3. The van der Waals surface area contributed by atoms with Crippen LogP contribution in [0.5, 0.6) is 0 Å². The molecular formula is C32H36ClN9O6S. The number of benzene rings is 2. The maximum atomic E-state index is 13.5. The normalized spacial score (nSPS) is 16.1. The van der Waals surface area contributed by atoms with E-state index in [9.17, 15) is 22.8 Å². The van der Waals surface area contributed by atoms with Crippen LogP contribution >= 0.6 is 11.6 Å². The summed E-state index contributed by atoms with van der Waals surface area (Å²) in [4.78, 5) is 38.0. The summed E-state index contributed by atoms with van der Waals surface area (Å²) in [5.74, 6) is -0.556. The molecule has 49 heavy (non-hydrogen) atoms. The Morgan fingerprint density at radius 3 is 2.63 bits per heavy atom. The third-order valence-electron chi connectivity index (χ3n) is 8.13. The van der Waals surface area contributed by atoms with Crippen molar-refractivity contribution in [3.8, 4) is 16.8 Å². The predicted octanol–water partition coefficient (Wildman–Crippen LogP) is 3.96. The maximum absolute atomic E-state index is 13.5. The second-order valence-corrected chi connectivity index (χ2v) is 14.7. The van der Waals surface area contributed by atoms with Gasteiger partial charge < -0.3 is 10.1 Å². The lowest BCUT2D eigenvalue weighted by atomic mass is 9.90. The lowest BCUT2D eigenvalue weighted by Crippen LogP contribution is -2.44. The maximum Gasteiger partial charge on any atom is 0.411 e. The number of carbonyl (C=O) groups excluding carboxylic acids is 2. The highest BCUT2D eigenvalue weighted by Gasteiger charge is 2.33. The van der Waals surface area contributed by atoms with Crippen molar-refractivity contribution in [2.24, 2.45) is 5.92 Å². The minimum atomic E-state index is -3.47. The molecule has 0 saturated carbocycles. The van der Waals surface area contributed by atoms with Gasteiger partial charge in [0, 0.05) is 35.4 Å². The van der Waals surface area contributed by atoms with E-state index in [4.69, 9.17) is 11.6 Å². The lowest BCUT2D eigenvalue weighted by Gasteiger charge is -2.34. The molecule has 1 fully saturated rings. The Balaban J connectivity index is 1.44. The standard InChI is InChI=1S/C32H36ClN9O6S/c1-20(2)49(46,47)41-14-4-5-21(18-41)15-27(36-30(43)13-8-23-16-24(33)9-12-29(23)42-19-34-39-40-42)28-17-26(31(44)38-37-28)22-6-10-25(11-7-22)35-32(45)48-3/h6-13,16-17,19-21,27H,4-5,14-15,18H2,1-3H3,(H,35,45)(H,36,43)(H,38,44)/b13-8+. The van der Waals surface area contributed by atoms with Gasteiger partial charge in [-0.25, -0.2) is 22.6 Å². The smallest absolute Gasteiger partial charge is 0.411 e. The number of hydrogen-bond acceptors (Lipinski definition) is 10. The van der Waals surface area contributed by atoms with Gasteiger partial charge in [-0.3, -0.25) is 14.9 Å². The van der Waals surface area contributed by atoms with Gasteiger partial charge in [-0.1, -0.05) is 23.7 Å². The predicted molar refractivity (Wildman–Crippen MR) is 183 cm³/mol. The van der Waals surface area contributed by atoms with Crippen molar-refractivity contribution < 1.29 is 22.7 Å². The Bertz CT molecular complexity index is 1980. The van der Waals surface area contributed by atoms with E-state index in [1.807, 2.05) is 0 Å². The molecule has 0 bridgehead atoms. The molecule has 2 atom stereocenters. The number of aromatic nitrogens is 6. The highest BCUT2D eigenvalue weighted by atomic mass is 35.5. The van der Waals surface area contributed by atoms with Crippen LogP contribution < -0.4 is 16.2 Å². The van der Waals surface area contributed by atoms with Crippen molar-refractivity contribution in [2.75, 3.05) is 25.5 Å². The SMILES string of the molecule is COC(=O)Nc1ccc(-c2cc(C(CC3CCCN(S(=O)(=O)C(C)C)C3)NC(=O)/C=C/c3cc(Cl)ccc3-n3cnnn3)n[nH]c2=O)cc1. The van der Waals surface area contributed by atoms with E-state index >= 15 is 0 Å². The average molecular weight is 710 g/mol. The largest absolute Gasteiger partial charge is 0.453 e. The molecule has 2 amide bonds. The molecule has 1 saturated heterocycles. The van der Waals surface area contributed by atoms with E-state index in [1.165, 1.54) is 28.5 Å². The molecule has 2 unspecified atom stereocenters. The number of amides is 2. The number of anilines is 1. The van der Waals surface area contributed by atoms with E-state index in [2.05, 4.69) is 41.1 Å². The molecule has 0 spiro atoms. The van der Waals surface area contributed by atoms with Gasteiger partial charge in [-0.05, 0) is 97.5 Å². The van der Waals surface area contributed by atoms with Gasteiger partial charge in [-0.15, -0.1) is 5.10 Å². The zero-order valence-electron chi connectivity index (χ0n) is 27.0. The molecule has 258 valence electrons. The van der Waals surface area contributed by atoms with Crippen molar-refractivity contribution >= 4 is 45.4 Å². The third kappa shape index (κ3) is 8.76. The number of tetrazole rings is 1. The number of H-pyrrole nitrogens is 1. The van der Waals surface area contributed by atoms with Gasteiger partial charge in [0.05, 0.1) is 35.3 Å². The fourth-order valence-corrected chi connectivity index (χ4v) is 7.16. The molecule has 17 heteroatoms. The summed E-state index contributed by atoms with van der Waals surface area (Å²) >= 11 is 6.24. The highest BCUT2D eigenvalue weighted by molar-refractivity contribution is 7.89. The molecule has 15 nitrogen and oxygen atoms in total. The highest BCUT2D eigenvalue weighted by Crippen LogP contribution is 2.30. The quantitative estimate of drug-likeness (QED) is 0.192. The van der Waals surface area contributed by atoms with Gasteiger partial charge in [0.15, 0.2) is 0 Å². The Morgan fingerprint density at radius 1 is 1.16 bits per heavy atom. The number of sulfonamides is 1. The fourth-order valence-electron chi connectivity index (χ4n) is 5.58. The number of nitrogens with one attached hydrogen (secondary N) is 3. The minimum absolute atomic E-state index is 0.100. The molecule has 5 rings (SSSR count). The van der Waals surface area contributed by atoms with Crippen LogP contribution in [0.25, 0.3) is 22.9 Å². The molecule has 1 aliphatic rings. The summed E-state index contributed by atoms with van der Waals surface area (Å²) in [5.41, 5.74) is 2.43. The molecule has 3 N–H and O–H groups in total. The molecule has 4 aromatic rings. The van der Waals surface area contributed by atoms with Crippen molar-refractivity contribution in [3.63, 3.8) is 0 Å². The van der Waals surface area contributed by atoms with Crippen LogP contribution in [0.2, 0.25) is 5.02 Å². The monoisotopic (exact) mass is 709 g/mol. The second kappa shape index (κ2) is 15.5. The van der Waals surface area contributed by atoms with Crippen LogP contribution in [0.1, 0.15) is 50.4 Å². The summed E-state index contributed by atoms with van der Waals surface area (Å²) in [6.07, 6.45) is 5.50. The Labute approximate surface area is 287 Å². The first-order valence-electron chi connectivity index (χ1n) is 15.5. The van der Waals surface area contributed by atoms with E-state index < -0.39 is 38.9 Å². The van der Waals surface area contributed by atoms with Gasteiger partial charge in [0.2, 0.25) is 15.9 Å². The Kier molecular flexibility index (Phi) is 11.2. The summed E-state index contributed by atoms with van der Waals surface area (Å²) < 4.78 is 33.6. The first-order chi connectivity index (χ1) is 23.4. The number of aromatic amines is 1. The number of rotatable bonds is 11. The number of carbonyl (C=O) groups is 2. The van der Waals surface area contributed by atoms with Crippen LogP contribution in [-0.4, -0.2) is 80.6 Å². The number of methoxy groups -OCH3 is 1. The molecule has 2 aromatic heterocycles. The number of ether oxygens (including phenoxy) is 1. The van der Waals surface area contributed by atoms with Crippen molar-refractivity contribution in [1.82, 2.24) is 40.0 Å². The number of halogens is 1. The second-order valence-electron chi connectivity index (χ2n) is 11.8. The first kappa shape index (κ1) is 35.4. The fraction of sp³-hybridized carbons (Fsp3) is 0.344. The van der Waals surface area contributed by atoms with Crippen LogP contribution in [0.3, 0.4) is 0 Å². The van der Waals surface area contributed by atoms with Crippen LogP contribution in [0.15, 0.2) is 65.7 Å². The van der Waals surface area contributed by atoms with Gasteiger partial charge in [0.1, 0.15) is 6.33 Å². The topological polar surface area (TPSA) is 194 Å². The molecule has 0 radical (unpaired) electrons. The van der Waals surface area contributed by atoms with Gasteiger partial charge in [0.25, 0.3) is 5.56 Å². The average Bonchev–Trinajstić information content (AvgIpc) is 3.63. The van der Waals surface area contributed by atoms with E-state index in [-0.39, 0.29) is 5.92 Å². The van der Waals surface area contributed by atoms with Crippen molar-refractivity contribution in [3.05, 3.63) is 87.6 Å². The molecule has 0 aliphatic carbocycles. The third-order valence-corrected chi connectivity index (χ3v) is 10.6. The summed E-state index contributed by atoms with van der Waals surface area (Å²) in [6, 6.07) is 12.6. The zero-order chi connectivity index (χ0) is 35.1. The van der Waals surface area contributed by atoms with Gasteiger partial charge in [-0.2, -0.15) is 9.78 Å². The minimum Gasteiger partial charge on any atom is -0.453 e. The van der Waals surface area contributed by atoms with Crippen LogP contribution in [-0.2, 0) is 19.6 Å². The Hall–Kier alpha value is -4.93. The van der Waals surface area contributed by atoms with Crippen LogP contribution in [0, 0.1) is 5.92 Å². The van der Waals surface area contributed by atoms with Crippen LogP contribution in [0.4, 0.5) is 10.5 Å². The first-order valence-corrected chi connectivity index (χ1v) is 17.4. The summed E-state index contributed by atoms with van der Waals surface area (Å²) in [5, 5.41) is 23.6. The lowest BCUT2D eigenvalue weighted by molar-refractivity contribution is -0.117. The summed E-state index contributed by atoms with van der Waals surface area (Å²) in [7, 11) is -2.22. The molecule has 3 heterocycles. The van der Waals surface area contributed by atoms with E-state index in [0.717, 1.165) is 6.42 Å². The van der Waals surface area contributed by atoms with E-state index in [0.29, 0.717) is 64.7 Å². The zero-order valence-corrected chi connectivity index (χ0v) is 28.6.